The number of nitrogens with zero attached hydrogens (tertiary/aromatic N) is 4. The summed E-state index contributed by atoms with van der Waals surface area (Å²) in [6, 6.07) is 0. The molecule has 1 saturated heterocycles. The molecule has 12 nitrogen and oxygen atoms in total. The molecule has 3 heterocycles. The third kappa shape index (κ3) is 2.75. The minimum atomic E-state index is -1.39. The number of amides is 1. The molecular formula is C11H14N6O6. The van der Waals surface area contributed by atoms with E-state index < -0.39 is 30.6 Å². The van der Waals surface area contributed by atoms with Crippen molar-refractivity contribution < 1.29 is 29.7 Å². The first-order chi connectivity index (χ1) is 11.0. The van der Waals surface area contributed by atoms with Crippen molar-refractivity contribution in [3.63, 3.8) is 0 Å². The van der Waals surface area contributed by atoms with Gasteiger partial charge >= 0.3 is 6.09 Å². The van der Waals surface area contributed by atoms with Crippen molar-refractivity contribution in [2.24, 2.45) is 0 Å². The van der Waals surface area contributed by atoms with Crippen molar-refractivity contribution in [1.29, 1.82) is 0 Å². The van der Waals surface area contributed by atoms with Crippen molar-refractivity contribution in [3.8, 4) is 0 Å². The van der Waals surface area contributed by atoms with Gasteiger partial charge in [-0.1, -0.05) is 0 Å². The second kappa shape index (κ2) is 5.92. The maximum Gasteiger partial charge on any atom is 0.428 e. The summed E-state index contributed by atoms with van der Waals surface area (Å²) < 4.78 is 6.93. The number of carbonyl (C=O) groups is 1. The van der Waals surface area contributed by atoms with Gasteiger partial charge < -0.3 is 25.8 Å². The molecule has 124 valence electrons. The second-order valence-corrected chi connectivity index (χ2v) is 4.85. The van der Waals surface area contributed by atoms with Crippen LogP contribution in [-0.2, 0) is 9.57 Å². The molecule has 2 aromatic heterocycles. The Hall–Kier alpha value is -2.54. The van der Waals surface area contributed by atoms with Crippen LogP contribution < -0.4 is 11.2 Å². The molecule has 12 heteroatoms. The Morgan fingerprint density at radius 3 is 2.91 bits per heavy atom. The molecule has 0 aliphatic carbocycles. The number of fused-ring (bicyclic) bond motifs is 1. The zero-order valence-corrected chi connectivity index (χ0v) is 11.6. The predicted molar refractivity (Wildman–Crippen MR) is 72.8 cm³/mol. The van der Waals surface area contributed by atoms with E-state index in [1.807, 2.05) is 0 Å². The second-order valence-electron chi connectivity index (χ2n) is 4.85. The molecule has 4 atom stereocenters. The molecule has 0 bridgehead atoms. The highest BCUT2D eigenvalue weighted by Crippen LogP contribution is 2.31. The number of aromatic nitrogens is 4. The summed E-state index contributed by atoms with van der Waals surface area (Å²) in [5.74, 6) is 0.173. The van der Waals surface area contributed by atoms with Gasteiger partial charge in [0.2, 0.25) is 0 Å². The van der Waals surface area contributed by atoms with Gasteiger partial charge in [-0.3, -0.25) is 9.40 Å². The van der Waals surface area contributed by atoms with E-state index in [4.69, 9.17) is 15.6 Å². The summed E-state index contributed by atoms with van der Waals surface area (Å²) in [5.41, 5.74) is 8.04. The van der Waals surface area contributed by atoms with Gasteiger partial charge in [0.05, 0.1) is 6.33 Å². The number of nitrogens with two attached hydrogens (primary N) is 1. The first-order valence-electron chi connectivity index (χ1n) is 6.54. The normalized spacial score (nSPS) is 27.4. The van der Waals surface area contributed by atoms with E-state index in [9.17, 15) is 15.0 Å². The third-order valence-corrected chi connectivity index (χ3v) is 3.41. The third-order valence-electron chi connectivity index (χ3n) is 3.41. The number of hydrogen-bond donors (Lipinski definition) is 5. The van der Waals surface area contributed by atoms with Crippen LogP contribution in [0.4, 0.5) is 10.6 Å². The van der Waals surface area contributed by atoms with E-state index >= 15 is 0 Å². The zero-order chi connectivity index (χ0) is 16.6. The largest absolute Gasteiger partial charge is 0.464 e. The number of hydroxylamine groups is 1. The summed E-state index contributed by atoms with van der Waals surface area (Å²) >= 11 is 0. The minimum Gasteiger partial charge on any atom is -0.464 e. The average Bonchev–Trinajstić information content (AvgIpc) is 3.04. The van der Waals surface area contributed by atoms with Crippen LogP contribution in [-0.4, -0.2) is 65.9 Å². The van der Waals surface area contributed by atoms with Crippen molar-refractivity contribution in [2.45, 2.75) is 24.5 Å². The lowest BCUT2D eigenvalue weighted by atomic mass is 10.1. The fraction of sp³-hybridized carbons (Fsp3) is 0.455. The van der Waals surface area contributed by atoms with E-state index in [1.165, 1.54) is 17.2 Å². The number of imidazole rings is 1. The van der Waals surface area contributed by atoms with Crippen LogP contribution in [0, 0.1) is 0 Å². The lowest BCUT2D eigenvalue weighted by molar-refractivity contribution is -0.0813. The highest BCUT2D eigenvalue weighted by atomic mass is 16.7. The molecule has 0 saturated carbocycles. The number of nitrogens with one attached hydrogen (secondary N) is 1. The Morgan fingerprint density at radius 1 is 1.39 bits per heavy atom. The lowest BCUT2D eigenvalue weighted by Crippen LogP contribution is -2.36. The van der Waals surface area contributed by atoms with Crippen LogP contribution >= 0.6 is 0 Å². The summed E-state index contributed by atoms with van der Waals surface area (Å²) in [6.07, 6.45) is -3.29. The smallest absolute Gasteiger partial charge is 0.428 e. The van der Waals surface area contributed by atoms with Gasteiger partial charge in [0.25, 0.3) is 0 Å². The van der Waals surface area contributed by atoms with Crippen LogP contribution in [0.25, 0.3) is 11.2 Å². The number of nitrogen functional groups attached to an aromatic ring is 1. The number of carboxylic acid groups (broad SMARTS) is 1. The number of anilines is 1. The molecule has 23 heavy (non-hydrogen) atoms. The first kappa shape index (κ1) is 15.4. The van der Waals surface area contributed by atoms with Crippen molar-refractivity contribution in [1.82, 2.24) is 25.0 Å². The summed E-state index contributed by atoms with van der Waals surface area (Å²) in [5, 5.41) is 28.6. The van der Waals surface area contributed by atoms with E-state index in [-0.39, 0.29) is 12.4 Å². The Morgan fingerprint density at radius 2 is 2.17 bits per heavy atom. The van der Waals surface area contributed by atoms with Crippen LogP contribution in [0.1, 0.15) is 6.23 Å². The molecule has 0 radical (unpaired) electrons. The number of ether oxygens (including phenoxy) is 1. The minimum absolute atomic E-state index is 0.173. The summed E-state index contributed by atoms with van der Waals surface area (Å²) in [4.78, 5) is 26.9. The molecule has 1 fully saturated rings. The monoisotopic (exact) mass is 326 g/mol. The maximum atomic E-state index is 10.3. The van der Waals surface area contributed by atoms with Gasteiger partial charge in [-0.15, -0.1) is 0 Å². The Kier molecular flexibility index (Phi) is 3.96. The van der Waals surface area contributed by atoms with Gasteiger partial charge in [-0.25, -0.2) is 19.7 Å². The Labute approximate surface area is 128 Å². The standard InChI is InChI=1S/C11H14N6O6/c12-8-5-9(14-2-13-8)17(3-15-5)10-7(19)6(18)4(23-10)1-22-16-11(20)21/h2-4,6-7,10,16,18-19H,1H2,(H,20,21)(H2,12,13,14)/t4-,6-,7-,10-/m1/s1. The number of aliphatic hydroxyl groups is 2. The van der Waals surface area contributed by atoms with Crippen molar-refractivity contribution in [2.75, 3.05) is 12.3 Å². The van der Waals surface area contributed by atoms with E-state index in [1.54, 1.807) is 5.48 Å². The van der Waals surface area contributed by atoms with E-state index in [0.29, 0.717) is 11.2 Å². The number of rotatable bonds is 4. The quantitative estimate of drug-likeness (QED) is 0.404. The summed E-state index contributed by atoms with van der Waals surface area (Å²) in [6.45, 7) is -0.287. The predicted octanol–water partition coefficient (Wildman–Crippen LogP) is -1.77. The van der Waals surface area contributed by atoms with Gasteiger partial charge in [0.15, 0.2) is 17.7 Å². The van der Waals surface area contributed by atoms with E-state index in [2.05, 4.69) is 19.8 Å². The fourth-order valence-corrected chi connectivity index (χ4v) is 2.34. The van der Waals surface area contributed by atoms with Gasteiger partial charge in [0.1, 0.15) is 36.8 Å². The molecule has 0 aromatic carbocycles. The van der Waals surface area contributed by atoms with Crippen LogP contribution in [0.2, 0.25) is 0 Å². The zero-order valence-electron chi connectivity index (χ0n) is 11.6. The maximum absolute atomic E-state index is 10.3. The van der Waals surface area contributed by atoms with Crippen molar-refractivity contribution >= 4 is 23.1 Å². The van der Waals surface area contributed by atoms with Crippen LogP contribution in [0.5, 0.6) is 0 Å². The highest BCUT2D eigenvalue weighted by Gasteiger charge is 2.44. The highest BCUT2D eigenvalue weighted by molar-refractivity contribution is 5.81. The molecule has 0 unspecified atom stereocenters. The van der Waals surface area contributed by atoms with Gasteiger partial charge in [-0.05, 0) is 0 Å². The summed E-state index contributed by atoms with van der Waals surface area (Å²) in [7, 11) is 0. The molecule has 6 N–H and O–H groups in total. The Balaban J connectivity index is 1.80. The van der Waals surface area contributed by atoms with Crippen LogP contribution in [0.15, 0.2) is 12.7 Å². The molecule has 0 spiro atoms. The van der Waals surface area contributed by atoms with Crippen molar-refractivity contribution in [3.05, 3.63) is 12.7 Å². The van der Waals surface area contributed by atoms with E-state index in [0.717, 1.165) is 0 Å². The fourth-order valence-electron chi connectivity index (χ4n) is 2.34. The van der Waals surface area contributed by atoms with Crippen LogP contribution in [0.3, 0.4) is 0 Å². The molecular weight excluding hydrogens is 312 g/mol. The lowest BCUT2D eigenvalue weighted by Gasteiger charge is -2.16. The average molecular weight is 326 g/mol. The Bertz CT molecular complexity index is 722. The number of hydrogen-bond acceptors (Lipinski definition) is 9. The molecule has 1 amide bonds. The molecule has 3 rings (SSSR count). The SMILES string of the molecule is Nc1ncnc2c1ncn2[C@@H]1O[C@H](CONC(=O)O)[C@@H](O)[C@H]1O. The molecule has 1 aliphatic rings. The van der Waals surface area contributed by atoms with Gasteiger partial charge in [0, 0.05) is 0 Å². The first-order valence-corrected chi connectivity index (χ1v) is 6.54. The number of aliphatic hydroxyl groups excluding tert-OH is 2. The molecule has 1 aliphatic heterocycles. The molecule has 2 aromatic rings. The van der Waals surface area contributed by atoms with Gasteiger partial charge in [-0.2, -0.15) is 5.48 Å². The topological polar surface area (TPSA) is 178 Å².